The molecule has 2 aromatic rings. The first kappa shape index (κ1) is 16.4. The van der Waals surface area contributed by atoms with Crippen LogP contribution in [0, 0.1) is 6.92 Å². The third-order valence-corrected chi connectivity index (χ3v) is 4.15. The van der Waals surface area contributed by atoms with Gasteiger partial charge in [0.2, 0.25) is 0 Å². The van der Waals surface area contributed by atoms with Gasteiger partial charge in [0.1, 0.15) is 17.4 Å². The van der Waals surface area contributed by atoms with Gasteiger partial charge in [0.15, 0.2) is 0 Å². The molecule has 0 amide bonds. The van der Waals surface area contributed by atoms with Crippen LogP contribution in [0.4, 0.5) is 0 Å². The number of rotatable bonds is 8. The SMILES string of the molecule is COCCNCc1cc(Br)cc(C)c1OCc1nccs1. The second-order valence-corrected chi connectivity index (χ2v) is 6.49. The summed E-state index contributed by atoms with van der Waals surface area (Å²) in [5.41, 5.74) is 2.25. The highest BCUT2D eigenvalue weighted by Gasteiger charge is 2.10. The number of ether oxygens (including phenoxy) is 2. The largest absolute Gasteiger partial charge is 0.486 e. The zero-order valence-corrected chi connectivity index (χ0v) is 14.6. The molecule has 0 aliphatic heterocycles. The second kappa shape index (κ2) is 8.48. The topological polar surface area (TPSA) is 43.4 Å². The predicted molar refractivity (Wildman–Crippen MR) is 88.9 cm³/mol. The average Bonchev–Trinajstić information content (AvgIpc) is 2.95. The minimum atomic E-state index is 0.505. The van der Waals surface area contributed by atoms with Crippen LogP contribution in [-0.4, -0.2) is 25.2 Å². The van der Waals surface area contributed by atoms with E-state index in [-0.39, 0.29) is 0 Å². The monoisotopic (exact) mass is 370 g/mol. The number of methoxy groups -OCH3 is 1. The van der Waals surface area contributed by atoms with Gasteiger partial charge in [0, 0.05) is 41.8 Å². The number of aryl methyl sites for hydroxylation is 1. The van der Waals surface area contributed by atoms with Crippen molar-refractivity contribution in [1.29, 1.82) is 0 Å². The zero-order valence-electron chi connectivity index (χ0n) is 12.2. The first-order valence-corrected chi connectivity index (χ1v) is 8.38. The van der Waals surface area contributed by atoms with E-state index in [0.717, 1.165) is 39.4 Å². The molecule has 0 aliphatic carbocycles. The summed E-state index contributed by atoms with van der Waals surface area (Å²) in [5.74, 6) is 0.929. The Balaban J connectivity index is 2.06. The fraction of sp³-hybridized carbons (Fsp3) is 0.400. The number of benzene rings is 1. The van der Waals surface area contributed by atoms with E-state index in [2.05, 4.69) is 45.3 Å². The summed E-state index contributed by atoms with van der Waals surface area (Å²) in [4.78, 5) is 4.25. The van der Waals surface area contributed by atoms with Crippen molar-refractivity contribution < 1.29 is 9.47 Å². The molecular weight excluding hydrogens is 352 g/mol. The van der Waals surface area contributed by atoms with Gasteiger partial charge in [-0.25, -0.2) is 4.98 Å². The molecule has 0 saturated carbocycles. The Labute approximate surface area is 137 Å². The summed E-state index contributed by atoms with van der Waals surface area (Å²) in [6, 6.07) is 4.15. The maximum Gasteiger partial charge on any atom is 0.140 e. The van der Waals surface area contributed by atoms with Crippen molar-refractivity contribution in [3.8, 4) is 5.75 Å². The minimum Gasteiger partial charge on any atom is -0.486 e. The molecule has 0 bridgehead atoms. The lowest BCUT2D eigenvalue weighted by Crippen LogP contribution is -2.19. The highest BCUT2D eigenvalue weighted by molar-refractivity contribution is 9.10. The number of hydrogen-bond acceptors (Lipinski definition) is 5. The Bertz CT molecular complexity index is 561. The van der Waals surface area contributed by atoms with Crippen molar-refractivity contribution in [1.82, 2.24) is 10.3 Å². The molecule has 4 nitrogen and oxygen atoms in total. The van der Waals surface area contributed by atoms with Crippen molar-refractivity contribution in [3.63, 3.8) is 0 Å². The van der Waals surface area contributed by atoms with Gasteiger partial charge in [-0.2, -0.15) is 0 Å². The van der Waals surface area contributed by atoms with Crippen LogP contribution in [-0.2, 0) is 17.9 Å². The number of nitrogens with zero attached hydrogens (tertiary/aromatic N) is 1. The maximum absolute atomic E-state index is 5.98. The van der Waals surface area contributed by atoms with Crippen LogP contribution in [0.5, 0.6) is 5.75 Å². The zero-order chi connectivity index (χ0) is 15.1. The van der Waals surface area contributed by atoms with Gasteiger partial charge < -0.3 is 14.8 Å². The van der Waals surface area contributed by atoms with E-state index in [4.69, 9.17) is 9.47 Å². The Morgan fingerprint density at radius 2 is 2.24 bits per heavy atom. The van der Waals surface area contributed by atoms with Crippen LogP contribution in [0.1, 0.15) is 16.1 Å². The van der Waals surface area contributed by atoms with Crippen LogP contribution in [0.2, 0.25) is 0 Å². The van der Waals surface area contributed by atoms with Crippen LogP contribution in [0.25, 0.3) is 0 Å². The number of nitrogens with one attached hydrogen (secondary N) is 1. The van der Waals surface area contributed by atoms with E-state index in [1.54, 1.807) is 24.6 Å². The Kier molecular flexibility index (Phi) is 6.63. The molecule has 21 heavy (non-hydrogen) atoms. The molecule has 0 fully saturated rings. The smallest absolute Gasteiger partial charge is 0.140 e. The average molecular weight is 371 g/mol. The third-order valence-electron chi connectivity index (χ3n) is 2.94. The molecule has 0 aliphatic rings. The van der Waals surface area contributed by atoms with Crippen LogP contribution in [0.3, 0.4) is 0 Å². The summed E-state index contributed by atoms with van der Waals surface area (Å²) in [7, 11) is 1.70. The van der Waals surface area contributed by atoms with Gasteiger partial charge in [-0.15, -0.1) is 11.3 Å². The lowest BCUT2D eigenvalue weighted by Gasteiger charge is -2.15. The quantitative estimate of drug-likeness (QED) is 0.721. The highest BCUT2D eigenvalue weighted by Crippen LogP contribution is 2.29. The van der Waals surface area contributed by atoms with Crippen LogP contribution in [0.15, 0.2) is 28.2 Å². The molecule has 2 rings (SSSR count). The van der Waals surface area contributed by atoms with Gasteiger partial charge in [0.25, 0.3) is 0 Å². The number of halogens is 1. The molecule has 0 spiro atoms. The maximum atomic E-state index is 5.98. The number of hydrogen-bond donors (Lipinski definition) is 1. The molecule has 0 radical (unpaired) electrons. The molecule has 1 N–H and O–H groups in total. The molecule has 6 heteroatoms. The van der Waals surface area contributed by atoms with Crippen LogP contribution >= 0.6 is 27.3 Å². The van der Waals surface area contributed by atoms with Gasteiger partial charge in [-0.1, -0.05) is 15.9 Å². The van der Waals surface area contributed by atoms with E-state index < -0.39 is 0 Å². The third kappa shape index (κ3) is 5.07. The minimum absolute atomic E-state index is 0.505. The number of aromatic nitrogens is 1. The van der Waals surface area contributed by atoms with Crippen molar-refractivity contribution in [2.45, 2.75) is 20.1 Å². The predicted octanol–water partition coefficient (Wildman–Crippen LogP) is 3.53. The lowest BCUT2D eigenvalue weighted by molar-refractivity contribution is 0.199. The summed E-state index contributed by atoms with van der Waals surface area (Å²) < 4.78 is 12.1. The standard InChI is InChI=1S/C15H19BrN2O2S/c1-11-7-13(16)8-12(9-17-3-5-19-2)15(11)20-10-14-18-4-6-21-14/h4,6-8,17H,3,5,9-10H2,1-2H3. The van der Waals surface area contributed by atoms with Crippen molar-refractivity contribution in [3.05, 3.63) is 44.3 Å². The highest BCUT2D eigenvalue weighted by atomic mass is 79.9. The first-order chi connectivity index (χ1) is 10.2. The summed E-state index contributed by atoms with van der Waals surface area (Å²) in [5, 5.41) is 6.29. The fourth-order valence-electron chi connectivity index (χ4n) is 1.99. The van der Waals surface area contributed by atoms with E-state index >= 15 is 0 Å². The van der Waals surface area contributed by atoms with Gasteiger partial charge in [-0.3, -0.25) is 0 Å². The van der Waals surface area contributed by atoms with E-state index in [0.29, 0.717) is 13.2 Å². The Morgan fingerprint density at radius 3 is 2.95 bits per heavy atom. The fourth-order valence-corrected chi connectivity index (χ4v) is 3.14. The van der Waals surface area contributed by atoms with Crippen LogP contribution < -0.4 is 10.1 Å². The molecule has 0 atom stereocenters. The molecule has 0 unspecified atom stereocenters. The van der Waals surface area contributed by atoms with Crippen molar-refractivity contribution in [2.75, 3.05) is 20.3 Å². The van der Waals surface area contributed by atoms with E-state index in [1.165, 1.54) is 0 Å². The van der Waals surface area contributed by atoms with Gasteiger partial charge >= 0.3 is 0 Å². The summed E-state index contributed by atoms with van der Waals surface area (Å²) in [6.07, 6.45) is 1.80. The molecule has 114 valence electrons. The molecule has 0 saturated heterocycles. The normalized spacial score (nSPS) is 10.8. The van der Waals surface area contributed by atoms with Gasteiger partial charge in [-0.05, 0) is 24.6 Å². The summed E-state index contributed by atoms with van der Waals surface area (Å²) >= 11 is 5.15. The van der Waals surface area contributed by atoms with Gasteiger partial charge in [0.05, 0.1) is 6.61 Å². The summed E-state index contributed by atoms with van der Waals surface area (Å²) in [6.45, 7) is 4.82. The Hall–Kier alpha value is -0.950. The van der Waals surface area contributed by atoms with Crippen molar-refractivity contribution in [2.24, 2.45) is 0 Å². The second-order valence-electron chi connectivity index (χ2n) is 4.60. The van der Waals surface area contributed by atoms with Crippen molar-refractivity contribution >= 4 is 27.3 Å². The molecule has 1 aromatic heterocycles. The number of thiazole rings is 1. The Morgan fingerprint density at radius 1 is 1.38 bits per heavy atom. The van der Waals surface area contributed by atoms with E-state index in [1.807, 2.05) is 5.38 Å². The molecule has 1 heterocycles. The first-order valence-electron chi connectivity index (χ1n) is 6.70. The molecule has 1 aromatic carbocycles. The molecular formula is C15H19BrN2O2S. The van der Waals surface area contributed by atoms with E-state index in [9.17, 15) is 0 Å². The lowest BCUT2D eigenvalue weighted by atomic mass is 10.1.